The Balaban J connectivity index is 2.35. The van der Waals surface area contributed by atoms with Crippen molar-refractivity contribution >= 4 is 28.4 Å². The van der Waals surface area contributed by atoms with Gasteiger partial charge in [0.1, 0.15) is 17.8 Å². The van der Waals surface area contributed by atoms with Crippen LogP contribution in [0.25, 0.3) is 11.0 Å². The minimum absolute atomic E-state index is 0.0797. The Kier molecular flexibility index (Phi) is 1.27. The number of anilines is 2. The quantitative estimate of drug-likeness (QED) is 0.557. The van der Waals surface area contributed by atoms with Gasteiger partial charge >= 0.3 is 0 Å². The van der Waals surface area contributed by atoms with Crippen LogP contribution in [-0.2, 0) is 4.79 Å². The third-order valence-corrected chi connectivity index (χ3v) is 2.16. The molecule has 0 unspecified atom stereocenters. The van der Waals surface area contributed by atoms with Crippen LogP contribution < -0.4 is 10.6 Å². The van der Waals surface area contributed by atoms with Crippen molar-refractivity contribution in [3.63, 3.8) is 0 Å². The zero-order chi connectivity index (χ0) is 9.54. The number of amides is 1. The average Bonchev–Trinajstić information content (AvgIpc) is 2.51. The normalized spacial score (nSPS) is 14.7. The van der Waals surface area contributed by atoms with E-state index in [0.29, 0.717) is 5.82 Å². The highest BCUT2D eigenvalue weighted by Crippen LogP contribution is 2.28. The van der Waals surface area contributed by atoms with Crippen molar-refractivity contribution < 1.29 is 4.79 Å². The average molecular weight is 189 g/mol. The van der Waals surface area contributed by atoms with Gasteiger partial charge in [0, 0.05) is 6.20 Å². The van der Waals surface area contributed by atoms with Crippen molar-refractivity contribution in [2.45, 2.75) is 0 Å². The minimum atomic E-state index is -0.0797. The lowest BCUT2D eigenvalue weighted by Gasteiger charge is -1.99. The van der Waals surface area contributed by atoms with E-state index in [0.717, 1.165) is 16.7 Å². The standard InChI is InChI=1S/C8H7N5O/c14-5-2-10-8-6-4(13-5)1-9-7(6)11-3-12-8/h1,3H,2H2,(H,13,14)(H2,9,10,11,12). The first-order valence-electron chi connectivity index (χ1n) is 4.20. The van der Waals surface area contributed by atoms with Crippen LogP contribution in [0.5, 0.6) is 0 Å². The molecule has 3 heterocycles. The molecule has 0 saturated heterocycles. The molecule has 2 aromatic rings. The Morgan fingerprint density at radius 3 is 3.21 bits per heavy atom. The molecule has 0 aromatic carbocycles. The lowest BCUT2D eigenvalue weighted by Crippen LogP contribution is -2.19. The summed E-state index contributed by atoms with van der Waals surface area (Å²) in [5, 5.41) is 6.53. The summed E-state index contributed by atoms with van der Waals surface area (Å²) >= 11 is 0. The van der Waals surface area contributed by atoms with Gasteiger partial charge in [-0.1, -0.05) is 0 Å². The Labute approximate surface area is 78.7 Å². The third-order valence-electron chi connectivity index (χ3n) is 2.16. The highest BCUT2D eigenvalue weighted by molar-refractivity contribution is 6.08. The molecule has 1 aliphatic heterocycles. The predicted molar refractivity (Wildman–Crippen MR) is 51.0 cm³/mol. The second kappa shape index (κ2) is 2.44. The largest absolute Gasteiger partial charge is 0.360 e. The van der Waals surface area contributed by atoms with E-state index in [4.69, 9.17) is 0 Å². The summed E-state index contributed by atoms with van der Waals surface area (Å²) in [7, 11) is 0. The molecule has 70 valence electrons. The first-order chi connectivity index (χ1) is 6.84. The van der Waals surface area contributed by atoms with Crippen LogP contribution in [0.4, 0.5) is 11.5 Å². The van der Waals surface area contributed by atoms with Crippen molar-refractivity contribution in [2.75, 3.05) is 17.2 Å². The van der Waals surface area contributed by atoms with Gasteiger partial charge in [0.15, 0.2) is 0 Å². The van der Waals surface area contributed by atoms with Crippen LogP contribution in [0.15, 0.2) is 12.5 Å². The number of nitrogens with zero attached hydrogens (tertiary/aromatic N) is 2. The van der Waals surface area contributed by atoms with Gasteiger partial charge in [0.2, 0.25) is 5.91 Å². The number of aromatic amines is 1. The van der Waals surface area contributed by atoms with E-state index >= 15 is 0 Å². The molecule has 1 amide bonds. The molecule has 6 nitrogen and oxygen atoms in total. The van der Waals surface area contributed by atoms with Crippen LogP contribution >= 0.6 is 0 Å². The SMILES string of the molecule is O=C1CNc2ncnc3[nH]cc(c23)N1. The smallest absolute Gasteiger partial charge is 0.243 e. The molecule has 0 atom stereocenters. The van der Waals surface area contributed by atoms with Gasteiger partial charge in [-0.15, -0.1) is 0 Å². The number of rotatable bonds is 0. The maximum atomic E-state index is 11.3. The molecule has 0 spiro atoms. The number of aromatic nitrogens is 3. The first kappa shape index (κ1) is 7.31. The molecule has 0 bridgehead atoms. The zero-order valence-electron chi connectivity index (χ0n) is 7.16. The molecule has 3 rings (SSSR count). The van der Waals surface area contributed by atoms with Crippen molar-refractivity contribution in [1.82, 2.24) is 15.0 Å². The fraction of sp³-hybridized carbons (Fsp3) is 0.125. The number of H-pyrrole nitrogens is 1. The van der Waals surface area contributed by atoms with Crippen molar-refractivity contribution in [2.24, 2.45) is 0 Å². The molecule has 2 aromatic heterocycles. The summed E-state index contributed by atoms with van der Waals surface area (Å²) in [5.74, 6) is 0.605. The Morgan fingerprint density at radius 2 is 2.29 bits per heavy atom. The fourth-order valence-electron chi connectivity index (χ4n) is 1.55. The van der Waals surface area contributed by atoms with E-state index in [1.807, 2.05) is 0 Å². The van der Waals surface area contributed by atoms with Crippen LogP contribution in [0.1, 0.15) is 0 Å². The van der Waals surface area contributed by atoms with Crippen molar-refractivity contribution in [1.29, 1.82) is 0 Å². The van der Waals surface area contributed by atoms with Crippen LogP contribution in [-0.4, -0.2) is 27.4 Å². The molecular formula is C8H7N5O. The van der Waals surface area contributed by atoms with E-state index < -0.39 is 0 Å². The van der Waals surface area contributed by atoms with E-state index in [1.54, 1.807) is 6.20 Å². The number of hydrogen-bond donors (Lipinski definition) is 3. The third kappa shape index (κ3) is 0.875. The van der Waals surface area contributed by atoms with Crippen molar-refractivity contribution in [3.05, 3.63) is 12.5 Å². The molecule has 3 N–H and O–H groups in total. The van der Waals surface area contributed by atoms with E-state index in [2.05, 4.69) is 25.6 Å². The Hall–Kier alpha value is -2.11. The maximum Gasteiger partial charge on any atom is 0.243 e. The van der Waals surface area contributed by atoms with Gasteiger partial charge in [-0.3, -0.25) is 4.79 Å². The van der Waals surface area contributed by atoms with Gasteiger partial charge in [-0.2, -0.15) is 0 Å². The molecular weight excluding hydrogens is 182 g/mol. The molecule has 0 aliphatic carbocycles. The molecule has 0 saturated carbocycles. The van der Waals surface area contributed by atoms with E-state index in [1.165, 1.54) is 6.33 Å². The molecule has 0 radical (unpaired) electrons. The Bertz CT molecular complexity index is 517. The molecule has 6 heteroatoms. The number of carbonyl (C=O) groups is 1. The fourth-order valence-corrected chi connectivity index (χ4v) is 1.55. The first-order valence-corrected chi connectivity index (χ1v) is 4.20. The summed E-state index contributed by atoms with van der Waals surface area (Å²) in [5.41, 5.74) is 1.45. The molecule has 0 fully saturated rings. The molecule has 14 heavy (non-hydrogen) atoms. The van der Waals surface area contributed by atoms with Gasteiger partial charge in [-0.25, -0.2) is 9.97 Å². The highest BCUT2D eigenvalue weighted by atomic mass is 16.1. The van der Waals surface area contributed by atoms with Gasteiger partial charge < -0.3 is 15.6 Å². The molecule has 1 aliphatic rings. The zero-order valence-corrected chi connectivity index (χ0v) is 7.16. The van der Waals surface area contributed by atoms with E-state index in [9.17, 15) is 4.79 Å². The Morgan fingerprint density at radius 1 is 1.36 bits per heavy atom. The predicted octanol–water partition coefficient (Wildman–Crippen LogP) is 0.322. The summed E-state index contributed by atoms with van der Waals surface area (Å²) in [6, 6.07) is 0. The lowest BCUT2D eigenvalue weighted by atomic mass is 10.3. The minimum Gasteiger partial charge on any atom is -0.360 e. The highest BCUT2D eigenvalue weighted by Gasteiger charge is 2.16. The van der Waals surface area contributed by atoms with Crippen molar-refractivity contribution in [3.8, 4) is 0 Å². The maximum absolute atomic E-state index is 11.3. The summed E-state index contributed by atoms with van der Waals surface area (Å²) in [6.45, 7) is 0.237. The van der Waals surface area contributed by atoms with Crippen LogP contribution in [0.3, 0.4) is 0 Å². The van der Waals surface area contributed by atoms with Crippen LogP contribution in [0.2, 0.25) is 0 Å². The number of carbonyl (C=O) groups excluding carboxylic acids is 1. The van der Waals surface area contributed by atoms with E-state index in [-0.39, 0.29) is 12.5 Å². The topological polar surface area (TPSA) is 82.7 Å². The van der Waals surface area contributed by atoms with Gasteiger partial charge in [0.05, 0.1) is 17.6 Å². The number of hydrogen-bond acceptors (Lipinski definition) is 4. The van der Waals surface area contributed by atoms with Gasteiger partial charge in [0.25, 0.3) is 0 Å². The lowest BCUT2D eigenvalue weighted by molar-refractivity contribution is -0.114. The van der Waals surface area contributed by atoms with Gasteiger partial charge in [-0.05, 0) is 0 Å². The summed E-state index contributed by atoms with van der Waals surface area (Å²) in [6.07, 6.45) is 3.18. The second-order valence-electron chi connectivity index (χ2n) is 3.05. The monoisotopic (exact) mass is 189 g/mol. The summed E-state index contributed by atoms with van der Waals surface area (Å²) < 4.78 is 0. The number of nitrogens with one attached hydrogen (secondary N) is 3. The second-order valence-corrected chi connectivity index (χ2v) is 3.05. The summed E-state index contributed by atoms with van der Waals surface area (Å²) in [4.78, 5) is 22.3. The van der Waals surface area contributed by atoms with Crippen LogP contribution in [0, 0.1) is 0 Å².